The van der Waals surface area contributed by atoms with Gasteiger partial charge >= 0.3 is 6.18 Å². The zero-order valence-electron chi connectivity index (χ0n) is 7.64. The molecule has 0 aliphatic carbocycles. The van der Waals surface area contributed by atoms with Gasteiger partial charge in [-0.25, -0.2) is 0 Å². The minimum Gasteiger partial charge on any atom is -0.268 e. The molecule has 15 heavy (non-hydrogen) atoms. The predicted molar refractivity (Wildman–Crippen MR) is 53.4 cm³/mol. The molecular formula is C9H6BrF3N2. The van der Waals surface area contributed by atoms with Crippen molar-refractivity contribution in [1.82, 2.24) is 9.78 Å². The van der Waals surface area contributed by atoms with Gasteiger partial charge < -0.3 is 0 Å². The Labute approximate surface area is 91.8 Å². The van der Waals surface area contributed by atoms with Crippen LogP contribution in [0.5, 0.6) is 0 Å². The molecule has 2 aromatic rings. The van der Waals surface area contributed by atoms with Crippen molar-refractivity contribution in [3.05, 3.63) is 28.4 Å². The lowest BCUT2D eigenvalue weighted by atomic mass is 10.1. The van der Waals surface area contributed by atoms with Crippen LogP contribution < -0.4 is 0 Å². The standard InChI is InChI=1S/C9H6BrF3N2/c1-15-7-3-2-6(9(11,12)13)8(10)5(7)4-14-15/h2-4H,1H3. The van der Waals surface area contributed by atoms with Gasteiger partial charge in [-0.3, -0.25) is 4.68 Å². The summed E-state index contributed by atoms with van der Waals surface area (Å²) in [6.45, 7) is 0. The van der Waals surface area contributed by atoms with E-state index >= 15 is 0 Å². The van der Waals surface area contributed by atoms with E-state index in [1.807, 2.05) is 0 Å². The Balaban J connectivity index is 2.77. The largest absolute Gasteiger partial charge is 0.417 e. The molecule has 1 aromatic heterocycles. The van der Waals surface area contributed by atoms with E-state index in [1.54, 1.807) is 7.05 Å². The summed E-state index contributed by atoms with van der Waals surface area (Å²) < 4.78 is 39.1. The molecule has 2 nitrogen and oxygen atoms in total. The van der Waals surface area contributed by atoms with Gasteiger partial charge in [0.15, 0.2) is 0 Å². The van der Waals surface area contributed by atoms with Gasteiger partial charge in [-0.15, -0.1) is 0 Å². The van der Waals surface area contributed by atoms with Crippen LogP contribution in [0.4, 0.5) is 13.2 Å². The summed E-state index contributed by atoms with van der Waals surface area (Å²) in [4.78, 5) is 0. The molecule has 0 radical (unpaired) electrons. The van der Waals surface area contributed by atoms with Gasteiger partial charge in [-0.2, -0.15) is 18.3 Å². The Morgan fingerprint density at radius 1 is 1.33 bits per heavy atom. The first-order chi connectivity index (χ1) is 6.91. The number of aromatic nitrogens is 2. The van der Waals surface area contributed by atoms with Gasteiger partial charge in [0.2, 0.25) is 0 Å². The van der Waals surface area contributed by atoms with E-state index in [9.17, 15) is 13.2 Å². The van der Waals surface area contributed by atoms with Crippen LogP contribution in [0, 0.1) is 0 Å². The van der Waals surface area contributed by atoms with Crippen LogP contribution in [-0.4, -0.2) is 9.78 Å². The van der Waals surface area contributed by atoms with Gasteiger partial charge in [-0.1, -0.05) is 0 Å². The SMILES string of the molecule is Cn1ncc2c(Br)c(C(F)(F)F)ccc21. The lowest BCUT2D eigenvalue weighted by Gasteiger charge is -2.09. The van der Waals surface area contributed by atoms with Crippen LogP contribution in [-0.2, 0) is 13.2 Å². The Morgan fingerprint density at radius 2 is 2.00 bits per heavy atom. The molecule has 2 rings (SSSR count). The molecule has 0 aliphatic heterocycles. The fourth-order valence-corrected chi connectivity index (χ4v) is 2.08. The van der Waals surface area contributed by atoms with E-state index in [1.165, 1.54) is 16.9 Å². The first-order valence-electron chi connectivity index (χ1n) is 4.08. The smallest absolute Gasteiger partial charge is 0.268 e. The Morgan fingerprint density at radius 3 is 2.60 bits per heavy atom. The number of hydrogen-bond acceptors (Lipinski definition) is 1. The number of hydrogen-bond donors (Lipinski definition) is 0. The van der Waals surface area contributed by atoms with E-state index in [4.69, 9.17) is 0 Å². The third-order valence-corrected chi connectivity index (χ3v) is 3.03. The maximum Gasteiger partial charge on any atom is 0.417 e. The molecule has 0 saturated carbocycles. The summed E-state index contributed by atoms with van der Waals surface area (Å²) in [5.74, 6) is 0. The van der Waals surface area contributed by atoms with Crippen LogP contribution in [0.2, 0.25) is 0 Å². The van der Waals surface area contributed by atoms with Crippen LogP contribution in [0.1, 0.15) is 5.56 Å². The molecule has 1 heterocycles. The minimum absolute atomic E-state index is 0.0422. The third-order valence-electron chi connectivity index (χ3n) is 2.17. The average Bonchev–Trinajstić information content (AvgIpc) is 2.47. The molecule has 0 fully saturated rings. The molecular weight excluding hydrogens is 273 g/mol. The van der Waals surface area contributed by atoms with Crippen LogP contribution in [0.3, 0.4) is 0 Å². The van der Waals surface area contributed by atoms with Crippen molar-refractivity contribution in [3.63, 3.8) is 0 Å². The second-order valence-corrected chi connectivity index (χ2v) is 3.92. The lowest BCUT2D eigenvalue weighted by Crippen LogP contribution is -2.05. The molecule has 0 aliphatic rings. The summed E-state index contributed by atoms with van der Waals surface area (Å²) in [6.07, 6.45) is -2.93. The second kappa shape index (κ2) is 3.23. The van der Waals surface area contributed by atoms with E-state index in [0.29, 0.717) is 10.9 Å². The van der Waals surface area contributed by atoms with E-state index in [2.05, 4.69) is 21.0 Å². The normalized spacial score (nSPS) is 12.3. The van der Waals surface area contributed by atoms with Gasteiger partial charge in [-0.05, 0) is 28.1 Å². The quantitative estimate of drug-likeness (QED) is 0.723. The molecule has 0 spiro atoms. The van der Waals surface area contributed by atoms with Crippen LogP contribution >= 0.6 is 15.9 Å². The van der Waals surface area contributed by atoms with Crippen molar-refractivity contribution in [2.45, 2.75) is 6.18 Å². The van der Waals surface area contributed by atoms with E-state index in [0.717, 1.165) is 6.07 Å². The highest BCUT2D eigenvalue weighted by molar-refractivity contribution is 9.10. The molecule has 0 saturated heterocycles. The lowest BCUT2D eigenvalue weighted by molar-refractivity contribution is -0.138. The van der Waals surface area contributed by atoms with Crippen molar-refractivity contribution in [2.75, 3.05) is 0 Å². The number of nitrogens with zero attached hydrogens (tertiary/aromatic N) is 2. The zero-order valence-corrected chi connectivity index (χ0v) is 9.22. The monoisotopic (exact) mass is 278 g/mol. The number of benzene rings is 1. The highest BCUT2D eigenvalue weighted by Gasteiger charge is 2.33. The summed E-state index contributed by atoms with van der Waals surface area (Å²) in [5.41, 5.74) is -0.0159. The molecule has 0 bridgehead atoms. The number of aryl methyl sites for hydroxylation is 1. The van der Waals surface area contributed by atoms with E-state index in [-0.39, 0.29) is 4.47 Å². The molecule has 0 amide bonds. The van der Waals surface area contributed by atoms with Gasteiger partial charge in [0.1, 0.15) is 0 Å². The topological polar surface area (TPSA) is 17.8 Å². The molecule has 1 aromatic carbocycles. The Hall–Kier alpha value is -1.04. The summed E-state index contributed by atoms with van der Waals surface area (Å²) in [5, 5.41) is 4.36. The van der Waals surface area contributed by atoms with Crippen LogP contribution in [0.15, 0.2) is 22.8 Å². The predicted octanol–water partition coefficient (Wildman–Crippen LogP) is 3.35. The first-order valence-corrected chi connectivity index (χ1v) is 4.88. The van der Waals surface area contributed by atoms with Crippen molar-refractivity contribution in [1.29, 1.82) is 0 Å². The summed E-state index contributed by atoms with van der Waals surface area (Å²) >= 11 is 2.96. The molecule has 0 N–H and O–H groups in total. The van der Waals surface area contributed by atoms with Crippen molar-refractivity contribution in [2.24, 2.45) is 7.05 Å². The fourth-order valence-electron chi connectivity index (χ4n) is 1.41. The minimum atomic E-state index is -4.34. The second-order valence-electron chi connectivity index (χ2n) is 3.13. The van der Waals surface area contributed by atoms with Gasteiger partial charge in [0.25, 0.3) is 0 Å². The number of halogens is 4. The summed E-state index contributed by atoms with van der Waals surface area (Å²) in [7, 11) is 1.68. The zero-order chi connectivity index (χ0) is 11.2. The maximum atomic E-state index is 12.5. The van der Waals surface area contributed by atoms with Crippen molar-refractivity contribution in [3.8, 4) is 0 Å². The molecule has 0 atom stereocenters. The number of alkyl halides is 3. The van der Waals surface area contributed by atoms with E-state index < -0.39 is 11.7 Å². The highest BCUT2D eigenvalue weighted by atomic mass is 79.9. The van der Waals surface area contributed by atoms with Crippen molar-refractivity contribution >= 4 is 26.8 Å². The Kier molecular flexibility index (Phi) is 2.26. The number of rotatable bonds is 0. The molecule has 6 heteroatoms. The van der Waals surface area contributed by atoms with Gasteiger partial charge in [0, 0.05) is 16.9 Å². The highest BCUT2D eigenvalue weighted by Crippen LogP contribution is 2.38. The van der Waals surface area contributed by atoms with Crippen molar-refractivity contribution < 1.29 is 13.2 Å². The van der Waals surface area contributed by atoms with Gasteiger partial charge in [0.05, 0.1) is 17.3 Å². The first kappa shape index (κ1) is 10.5. The fraction of sp³-hybridized carbons (Fsp3) is 0.222. The molecule has 80 valence electrons. The average molecular weight is 279 g/mol. The maximum absolute atomic E-state index is 12.5. The molecule has 0 unspecified atom stereocenters. The third kappa shape index (κ3) is 1.62. The van der Waals surface area contributed by atoms with Crippen LogP contribution in [0.25, 0.3) is 10.9 Å². The number of fused-ring (bicyclic) bond motifs is 1. The summed E-state index contributed by atoms with van der Waals surface area (Å²) in [6, 6.07) is 2.46. The Bertz CT molecular complexity index is 516.